The highest BCUT2D eigenvalue weighted by Crippen LogP contribution is 2.13. The van der Waals surface area contributed by atoms with Crippen LogP contribution < -0.4 is 20.5 Å². The molecule has 0 radical (unpaired) electrons. The minimum atomic E-state index is -0.847. The zero-order chi connectivity index (χ0) is 25.3. The van der Waals surface area contributed by atoms with Gasteiger partial charge in [-0.1, -0.05) is 50.6 Å². The molecule has 0 saturated heterocycles. The quantitative estimate of drug-likeness (QED) is 0.491. The van der Waals surface area contributed by atoms with Gasteiger partial charge in [-0.3, -0.25) is 9.59 Å². The van der Waals surface area contributed by atoms with E-state index in [1.807, 2.05) is 68.1 Å². The molecule has 8 heteroatoms. The summed E-state index contributed by atoms with van der Waals surface area (Å²) in [5.41, 5.74) is 0.830. The van der Waals surface area contributed by atoms with Gasteiger partial charge in [-0.05, 0) is 38.3 Å². The summed E-state index contributed by atoms with van der Waals surface area (Å²) in [6.45, 7) is 9.08. The van der Waals surface area contributed by atoms with Crippen molar-refractivity contribution in [3.63, 3.8) is 0 Å². The third kappa shape index (κ3) is 8.84. The molecular formula is C26H37N4O4+. The lowest BCUT2D eigenvalue weighted by Crippen LogP contribution is -2.56. The molecule has 34 heavy (non-hydrogen) atoms. The molecule has 0 bridgehead atoms. The highest BCUT2D eigenvalue weighted by Gasteiger charge is 2.31. The fraction of sp³-hybridized carbons (Fsp3) is 0.462. The van der Waals surface area contributed by atoms with Crippen molar-refractivity contribution in [2.24, 2.45) is 13.0 Å². The average molecular weight is 470 g/mol. The Labute approximate surface area is 202 Å². The van der Waals surface area contributed by atoms with Crippen molar-refractivity contribution in [1.29, 1.82) is 0 Å². The van der Waals surface area contributed by atoms with E-state index in [0.29, 0.717) is 18.5 Å². The number of ether oxygens (including phenoxy) is 1. The Bertz CT molecular complexity index is 972. The summed E-state index contributed by atoms with van der Waals surface area (Å²) in [5.74, 6) is -0.945. The fourth-order valence-electron chi connectivity index (χ4n) is 3.35. The zero-order valence-electron chi connectivity index (χ0n) is 20.9. The molecule has 1 heterocycles. The molecule has 3 unspecified atom stereocenters. The van der Waals surface area contributed by atoms with Crippen LogP contribution in [-0.4, -0.2) is 35.6 Å². The van der Waals surface area contributed by atoms with Crippen LogP contribution in [0.4, 0.5) is 10.5 Å². The molecule has 0 aliphatic carbocycles. The molecule has 0 aliphatic rings. The number of hydrogen-bond donors (Lipinski definition) is 3. The largest absolute Gasteiger partial charge is 0.444 e. The van der Waals surface area contributed by atoms with Gasteiger partial charge in [0.05, 0.1) is 0 Å². The number of rotatable bonds is 9. The Morgan fingerprint density at radius 3 is 2.26 bits per heavy atom. The van der Waals surface area contributed by atoms with Crippen molar-refractivity contribution >= 4 is 23.6 Å². The topological polar surface area (TPSA) is 100 Å². The Hall–Kier alpha value is -3.42. The number of aromatic nitrogens is 1. The predicted molar refractivity (Wildman–Crippen MR) is 131 cm³/mol. The molecule has 3 amide bonds. The van der Waals surface area contributed by atoms with E-state index >= 15 is 0 Å². The molecular weight excluding hydrogens is 432 g/mol. The number of amides is 3. The summed E-state index contributed by atoms with van der Waals surface area (Å²) in [6.07, 6.45) is 3.93. The van der Waals surface area contributed by atoms with Crippen molar-refractivity contribution in [2.75, 3.05) is 5.32 Å². The smallest absolute Gasteiger partial charge is 0.408 e. The van der Waals surface area contributed by atoms with E-state index in [9.17, 15) is 14.4 Å². The van der Waals surface area contributed by atoms with E-state index in [-0.39, 0.29) is 11.8 Å². The van der Waals surface area contributed by atoms with Gasteiger partial charge in [-0.2, -0.15) is 0 Å². The second-order valence-electron chi connectivity index (χ2n) is 9.51. The van der Waals surface area contributed by atoms with Gasteiger partial charge in [0.25, 0.3) is 0 Å². The first kappa shape index (κ1) is 26.8. The summed E-state index contributed by atoms with van der Waals surface area (Å²) in [7, 11) is 1.86. The van der Waals surface area contributed by atoms with Crippen molar-refractivity contribution < 1.29 is 23.7 Å². The standard InChI is InChI=1S/C26H36N4O4/c1-7-18(2)22(29-25(33)34-26(3,4)5)24(32)28-21(16-19-12-9-8-10-13-19)23(31)27-20-14-11-15-30(6)17-20/h8-15,17-18,21-22H,7,16H2,1-6H3,(H2-,27,28,29,31,32,33)/p+1. The van der Waals surface area contributed by atoms with Crippen molar-refractivity contribution in [2.45, 2.75) is 65.1 Å². The minimum absolute atomic E-state index is 0.166. The van der Waals surface area contributed by atoms with Crippen molar-refractivity contribution in [3.8, 4) is 0 Å². The van der Waals surface area contributed by atoms with E-state index in [1.54, 1.807) is 33.0 Å². The van der Waals surface area contributed by atoms with Crippen LogP contribution in [0.5, 0.6) is 0 Å². The maximum Gasteiger partial charge on any atom is 0.408 e. The Balaban J connectivity index is 2.22. The first-order valence-corrected chi connectivity index (χ1v) is 11.6. The van der Waals surface area contributed by atoms with Crippen LogP contribution in [0.1, 0.15) is 46.6 Å². The fourth-order valence-corrected chi connectivity index (χ4v) is 3.35. The number of carbonyl (C=O) groups excluding carboxylic acids is 3. The van der Waals surface area contributed by atoms with Gasteiger partial charge in [0, 0.05) is 12.5 Å². The maximum absolute atomic E-state index is 13.3. The van der Waals surface area contributed by atoms with Crippen molar-refractivity contribution in [1.82, 2.24) is 10.6 Å². The minimum Gasteiger partial charge on any atom is -0.444 e. The van der Waals surface area contributed by atoms with E-state index in [0.717, 1.165) is 5.56 Å². The summed E-state index contributed by atoms with van der Waals surface area (Å²) < 4.78 is 7.16. The first-order chi connectivity index (χ1) is 16.0. The second kappa shape index (κ2) is 12.2. The molecule has 0 fully saturated rings. The van der Waals surface area contributed by atoms with E-state index in [1.165, 1.54) is 0 Å². The van der Waals surface area contributed by atoms with Crippen LogP contribution in [0.2, 0.25) is 0 Å². The van der Waals surface area contributed by atoms with Crippen LogP contribution in [0.15, 0.2) is 54.9 Å². The number of alkyl carbamates (subject to hydrolysis) is 1. The van der Waals surface area contributed by atoms with E-state index in [4.69, 9.17) is 4.74 Å². The number of hydrogen-bond acceptors (Lipinski definition) is 4. The Kier molecular flexibility index (Phi) is 9.59. The molecule has 0 saturated carbocycles. The number of nitrogens with zero attached hydrogens (tertiary/aromatic N) is 1. The average Bonchev–Trinajstić information content (AvgIpc) is 2.76. The second-order valence-corrected chi connectivity index (χ2v) is 9.51. The van der Waals surface area contributed by atoms with Gasteiger partial charge < -0.3 is 20.7 Å². The number of benzene rings is 1. The van der Waals surface area contributed by atoms with Crippen LogP contribution >= 0.6 is 0 Å². The molecule has 3 atom stereocenters. The number of aryl methyl sites for hydroxylation is 1. The summed E-state index contributed by atoms with van der Waals surface area (Å²) >= 11 is 0. The number of carbonyl (C=O) groups is 3. The van der Waals surface area contributed by atoms with E-state index in [2.05, 4.69) is 16.0 Å². The van der Waals surface area contributed by atoms with Gasteiger partial charge >= 0.3 is 6.09 Å². The molecule has 3 N–H and O–H groups in total. The van der Waals surface area contributed by atoms with Crippen LogP contribution in [0.3, 0.4) is 0 Å². The lowest BCUT2D eigenvalue weighted by molar-refractivity contribution is -0.670. The summed E-state index contributed by atoms with van der Waals surface area (Å²) in [5, 5.41) is 8.41. The number of nitrogens with one attached hydrogen (secondary N) is 3. The SMILES string of the molecule is CCC(C)C(NC(=O)OC(C)(C)C)C(=O)NC(Cc1ccccc1)C(=O)Nc1ccc[n+](C)c1. The predicted octanol–water partition coefficient (Wildman–Crippen LogP) is 3.12. The molecule has 2 aromatic rings. The van der Waals surface area contributed by atoms with Gasteiger partial charge in [-0.25, -0.2) is 9.36 Å². The molecule has 184 valence electrons. The molecule has 8 nitrogen and oxygen atoms in total. The summed E-state index contributed by atoms with van der Waals surface area (Å²) in [4.78, 5) is 38.9. The monoisotopic (exact) mass is 469 g/mol. The highest BCUT2D eigenvalue weighted by atomic mass is 16.6. The number of anilines is 1. The van der Waals surface area contributed by atoms with Crippen LogP contribution in [0, 0.1) is 5.92 Å². The normalized spacial score (nSPS) is 13.8. The lowest BCUT2D eigenvalue weighted by Gasteiger charge is -2.28. The van der Waals surface area contributed by atoms with Gasteiger partial charge in [0.1, 0.15) is 30.4 Å². The molecule has 1 aromatic carbocycles. The van der Waals surface area contributed by atoms with E-state index < -0.39 is 29.7 Å². The number of pyridine rings is 1. The molecule has 1 aromatic heterocycles. The highest BCUT2D eigenvalue weighted by molar-refractivity contribution is 5.98. The molecule has 2 rings (SSSR count). The third-order valence-corrected chi connectivity index (χ3v) is 5.29. The summed E-state index contributed by atoms with van der Waals surface area (Å²) in [6, 6.07) is 11.4. The van der Waals surface area contributed by atoms with Crippen LogP contribution in [-0.2, 0) is 27.8 Å². The molecule has 0 spiro atoms. The lowest BCUT2D eigenvalue weighted by atomic mass is 9.97. The maximum atomic E-state index is 13.3. The van der Waals surface area contributed by atoms with Crippen LogP contribution in [0.25, 0.3) is 0 Å². The first-order valence-electron chi connectivity index (χ1n) is 11.6. The van der Waals surface area contributed by atoms with Crippen molar-refractivity contribution in [3.05, 3.63) is 60.4 Å². The van der Waals surface area contributed by atoms with Gasteiger partial charge in [0.2, 0.25) is 11.8 Å². The zero-order valence-corrected chi connectivity index (χ0v) is 20.9. The Morgan fingerprint density at radius 2 is 1.68 bits per heavy atom. The molecule has 0 aliphatic heterocycles. The Morgan fingerprint density at radius 1 is 1.00 bits per heavy atom. The van der Waals surface area contributed by atoms with Gasteiger partial charge in [-0.15, -0.1) is 0 Å². The third-order valence-electron chi connectivity index (χ3n) is 5.29. The van der Waals surface area contributed by atoms with Gasteiger partial charge in [0.15, 0.2) is 12.4 Å².